The minimum atomic E-state index is -3.65. The van der Waals surface area contributed by atoms with Gasteiger partial charge in [-0.2, -0.15) is 4.31 Å². The number of sulfonamides is 1. The van der Waals surface area contributed by atoms with Gasteiger partial charge in [0.2, 0.25) is 10.0 Å². The Labute approximate surface area is 125 Å². The Balaban J connectivity index is 2.10. The number of ether oxygens (including phenoxy) is 1. The molecule has 0 bridgehead atoms. The van der Waals surface area contributed by atoms with Gasteiger partial charge in [0.05, 0.1) is 11.0 Å². The van der Waals surface area contributed by atoms with E-state index < -0.39 is 15.8 Å². The fourth-order valence-electron chi connectivity index (χ4n) is 2.41. The van der Waals surface area contributed by atoms with Crippen molar-refractivity contribution >= 4 is 10.0 Å². The second kappa shape index (κ2) is 6.56. The summed E-state index contributed by atoms with van der Waals surface area (Å²) in [5.41, 5.74) is 0.584. The molecule has 114 valence electrons. The molecule has 0 saturated carbocycles. The van der Waals surface area contributed by atoms with E-state index in [9.17, 15) is 12.8 Å². The Morgan fingerprint density at radius 3 is 2.62 bits per heavy atom. The van der Waals surface area contributed by atoms with Crippen LogP contribution in [0.25, 0.3) is 0 Å². The molecular formula is C15H18FNO3S. The molecule has 2 rings (SSSR count). The second-order valence-corrected chi connectivity index (χ2v) is 7.02. The van der Waals surface area contributed by atoms with E-state index in [0.29, 0.717) is 31.5 Å². The number of aryl methyl sites for hydroxylation is 1. The highest BCUT2D eigenvalue weighted by Crippen LogP contribution is 2.23. The molecule has 0 radical (unpaired) electrons. The van der Waals surface area contributed by atoms with E-state index in [2.05, 4.69) is 5.92 Å². The van der Waals surface area contributed by atoms with Crippen molar-refractivity contribution in [3.05, 3.63) is 29.6 Å². The molecule has 1 fully saturated rings. The van der Waals surface area contributed by atoms with E-state index in [0.717, 1.165) is 6.07 Å². The molecule has 1 saturated heterocycles. The van der Waals surface area contributed by atoms with Crippen LogP contribution in [0.3, 0.4) is 0 Å². The van der Waals surface area contributed by atoms with Crippen molar-refractivity contribution in [2.45, 2.75) is 30.8 Å². The Hall–Kier alpha value is -1.42. The Kier molecular flexibility index (Phi) is 4.99. The fraction of sp³-hybridized carbons (Fsp3) is 0.467. The maximum absolute atomic E-state index is 13.4. The quantitative estimate of drug-likeness (QED) is 0.798. The maximum Gasteiger partial charge on any atom is 0.243 e. The number of benzene rings is 1. The molecule has 0 amide bonds. The van der Waals surface area contributed by atoms with E-state index in [-0.39, 0.29) is 17.6 Å². The highest BCUT2D eigenvalue weighted by atomic mass is 32.2. The summed E-state index contributed by atoms with van der Waals surface area (Å²) in [6.45, 7) is 2.61. The number of nitrogens with zero attached hydrogens (tertiary/aromatic N) is 1. The van der Waals surface area contributed by atoms with Gasteiger partial charge >= 0.3 is 0 Å². The van der Waals surface area contributed by atoms with E-state index in [1.165, 1.54) is 16.4 Å². The van der Waals surface area contributed by atoms with Gasteiger partial charge in [-0.05, 0) is 43.5 Å². The van der Waals surface area contributed by atoms with Crippen LogP contribution < -0.4 is 0 Å². The lowest BCUT2D eigenvalue weighted by Gasteiger charge is -2.30. The van der Waals surface area contributed by atoms with Gasteiger partial charge in [0, 0.05) is 13.1 Å². The number of halogens is 1. The van der Waals surface area contributed by atoms with Crippen LogP contribution >= 0.6 is 0 Å². The van der Waals surface area contributed by atoms with Gasteiger partial charge < -0.3 is 4.74 Å². The Bertz CT molecular complexity index is 623. The topological polar surface area (TPSA) is 46.6 Å². The smallest absolute Gasteiger partial charge is 0.243 e. The molecule has 1 aromatic carbocycles. The zero-order chi connectivity index (χ0) is 15.5. The van der Waals surface area contributed by atoms with Crippen LogP contribution in [0.2, 0.25) is 0 Å². The number of hydrogen-bond acceptors (Lipinski definition) is 3. The molecule has 0 atom stereocenters. The van der Waals surface area contributed by atoms with Gasteiger partial charge in [0.15, 0.2) is 0 Å². The highest BCUT2D eigenvalue weighted by Gasteiger charge is 2.30. The fourth-order valence-corrected chi connectivity index (χ4v) is 3.99. The molecule has 0 spiro atoms. The average Bonchev–Trinajstić information content (AvgIpc) is 2.44. The van der Waals surface area contributed by atoms with Gasteiger partial charge in [-0.15, -0.1) is 6.42 Å². The zero-order valence-corrected chi connectivity index (χ0v) is 12.7. The minimum Gasteiger partial charge on any atom is -0.365 e. The van der Waals surface area contributed by atoms with Crippen molar-refractivity contribution in [1.82, 2.24) is 4.31 Å². The Morgan fingerprint density at radius 2 is 2.05 bits per heavy atom. The van der Waals surface area contributed by atoms with E-state index in [1.54, 1.807) is 6.92 Å². The van der Waals surface area contributed by atoms with Crippen LogP contribution in [0.5, 0.6) is 0 Å². The summed E-state index contributed by atoms with van der Waals surface area (Å²) in [5, 5.41) is 0. The third-order valence-electron chi connectivity index (χ3n) is 3.46. The summed E-state index contributed by atoms with van der Waals surface area (Å²) in [6, 6.07) is 3.85. The summed E-state index contributed by atoms with van der Waals surface area (Å²) in [4.78, 5) is 0.00277. The molecule has 1 aliphatic rings. The third-order valence-corrected chi connectivity index (χ3v) is 5.33. The van der Waals surface area contributed by atoms with Crippen molar-refractivity contribution in [2.24, 2.45) is 0 Å². The molecule has 0 N–H and O–H groups in total. The first-order valence-electron chi connectivity index (χ1n) is 6.76. The second-order valence-electron chi connectivity index (χ2n) is 5.08. The first kappa shape index (κ1) is 16.0. The van der Waals surface area contributed by atoms with Crippen molar-refractivity contribution in [1.29, 1.82) is 0 Å². The van der Waals surface area contributed by atoms with Crippen LogP contribution in [-0.2, 0) is 14.8 Å². The number of terminal acetylenes is 1. The zero-order valence-electron chi connectivity index (χ0n) is 11.9. The third kappa shape index (κ3) is 3.82. The summed E-state index contributed by atoms with van der Waals surface area (Å²) < 4.78 is 45.2. The Morgan fingerprint density at radius 1 is 1.38 bits per heavy atom. The minimum absolute atomic E-state index is 0.00277. The lowest BCUT2D eigenvalue weighted by Crippen LogP contribution is -2.40. The summed E-state index contributed by atoms with van der Waals surface area (Å²) in [7, 11) is -3.65. The highest BCUT2D eigenvalue weighted by molar-refractivity contribution is 7.89. The van der Waals surface area contributed by atoms with Crippen LogP contribution in [-0.4, -0.2) is 38.5 Å². The first-order valence-corrected chi connectivity index (χ1v) is 8.20. The van der Waals surface area contributed by atoms with Crippen molar-refractivity contribution in [2.75, 3.05) is 19.7 Å². The van der Waals surface area contributed by atoms with Gasteiger partial charge in [-0.25, -0.2) is 12.8 Å². The normalized spacial score (nSPS) is 17.6. The summed E-state index contributed by atoms with van der Waals surface area (Å²) >= 11 is 0. The lowest BCUT2D eigenvalue weighted by atomic mass is 10.1. The molecule has 1 aromatic rings. The maximum atomic E-state index is 13.4. The lowest BCUT2D eigenvalue weighted by molar-refractivity contribution is 0.0410. The summed E-state index contributed by atoms with van der Waals surface area (Å²) in [6.07, 6.45) is 6.30. The van der Waals surface area contributed by atoms with Crippen LogP contribution in [0.4, 0.5) is 4.39 Å². The standard InChI is InChI=1S/C15H18FNO3S/c1-3-8-20-14-4-6-17(7-5-14)21(18,19)15-10-12(2)9-13(16)11-15/h1,9-11,14H,4-8H2,2H3. The van der Waals surface area contributed by atoms with Gasteiger partial charge in [-0.1, -0.05) is 5.92 Å². The monoisotopic (exact) mass is 311 g/mol. The van der Waals surface area contributed by atoms with Gasteiger partial charge in [0.25, 0.3) is 0 Å². The van der Waals surface area contributed by atoms with Crippen molar-refractivity contribution < 1.29 is 17.5 Å². The molecular weight excluding hydrogens is 293 g/mol. The summed E-state index contributed by atoms with van der Waals surface area (Å²) in [5.74, 6) is 1.86. The van der Waals surface area contributed by atoms with E-state index >= 15 is 0 Å². The molecule has 1 aliphatic heterocycles. The van der Waals surface area contributed by atoms with Gasteiger partial charge in [-0.3, -0.25) is 0 Å². The molecule has 21 heavy (non-hydrogen) atoms. The van der Waals surface area contributed by atoms with Crippen LogP contribution in [0.1, 0.15) is 18.4 Å². The number of piperidine rings is 1. The molecule has 0 unspecified atom stereocenters. The van der Waals surface area contributed by atoms with E-state index in [1.807, 2.05) is 0 Å². The van der Waals surface area contributed by atoms with Crippen LogP contribution in [0, 0.1) is 25.1 Å². The predicted molar refractivity (Wildman–Crippen MR) is 77.7 cm³/mol. The number of rotatable bonds is 4. The van der Waals surface area contributed by atoms with Crippen molar-refractivity contribution in [3.8, 4) is 12.3 Å². The van der Waals surface area contributed by atoms with Crippen molar-refractivity contribution in [3.63, 3.8) is 0 Å². The first-order chi connectivity index (χ1) is 9.93. The van der Waals surface area contributed by atoms with Gasteiger partial charge in [0.1, 0.15) is 12.4 Å². The average molecular weight is 311 g/mol. The molecule has 0 aromatic heterocycles. The molecule has 0 aliphatic carbocycles. The molecule has 4 nitrogen and oxygen atoms in total. The SMILES string of the molecule is C#CCOC1CCN(S(=O)(=O)c2cc(C)cc(F)c2)CC1. The molecule has 6 heteroatoms. The van der Waals surface area contributed by atoms with E-state index in [4.69, 9.17) is 11.2 Å². The number of hydrogen-bond donors (Lipinski definition) is 0. The largest absolute Gasteiger partial charge is 0.365 e. The predicted octanol–water partition coefficient (Wildman–Crippen LogP) is 1.94. The molecule has 1 heterocycles. The van der Waals surface area contributed by atoms with Crippen LogP contribution in [0.15, 0.2) is 23.1 Å².